The second-order valence-corrected chi connectivity index (χ2v) is 12.8. The van der Waals surface area contributed by atoms with Gasteiger partial charge in [0.1, 0.15) is 5.01 Å². The Morgan fingerprint density at radius 1 is 0.744 bits per heavy atom. The number of aryl methyl sites for hydroxylation is 2. The highest BCUT2D eigenvalue weighted by atomic mass is 32.1. The lowest BCUT2D eigenvalue weighted by Gasteiger charge is -2.14. The van der Waals surface area contributed by atoms with E-state index in [1.54, 1.807) is 24.3 Å². The Morgan fingerprint density at radius 3 is 1.72 bits per heavy atom. The van der Waals surface area contributed by atoms with Gasteiger partial charge in [0.15, 0.2) is 0 Å². The summed E-state index contributed by atoms with van der Waals surface area (Å²) in [6, 6.07) is 16.8. The zero-order valence-corrected chi connectivity index (χ0v) is 25.0. The normalized spacial score (nSPS) is 11.9. The standard InChI is InChI=1S/C27H27N3O6P2S/c1-16-11-17(2)13-18(12-16)27-28-25(21-9-7-19(29(3)4)14-23(21)37(33)35-31)26(39-27)22-10-8-20(30(5)6)15-24(22)38(34)36-32/h7-15H,1-6H3/p+2. The third kappa shape index (κ3) is 6.08. The summed E-state index contributed by atoms with van der Waals surface area (Å²) in [4.78, 5) is 9.30. The molecule has 2 atom stereocenters. The van der Waals surface area contributed by atoms with Crippen molar-refractivity contribution < 1.29 is 29.0 Å². The molecule has 0 saturated carbocycles. The zero-order chi connectivity index (χ0) is 28.4. The fraction of sp³-hybridized carbons (Fsp3) is 0.222. The van der Waals surface area contributed by atoms with Crippen molar-refractivity contribution in [3.8, 4) is 32.3 Å². The van der Waals surface area contributed by atoms with Crippen molar-refractivity contribution in [3.63, 3.8) is 0 Å². The van der Waals surface area contributed by atoms with E-state index in [1.165, 1.54) is 11.3 Å². The van der Waals surface area contributed by atoms with E-state index in [4.69, 9.17) is 4.98 Å². The summed E-state index contributed by atoms with van der Waals surface area (Å²) in [6.07, 6.45) is 0. The molecule has 0 aliphatic carbocycles. The summed E-state index contributed by atoms with van der Waals surface area (Å²) in [5.41, 5.74) is 6.06. The number of nitrogens with zero attached hydrogens (tertiary/aromatic N) is 3. The van der Waals surface area contributed by atoms with Gasteiger partial charge >= 0.3 is 16.1 Å². The van der Waals surface area contributed by atoms with Crippen LogP contribution in [0.5, 0.6) is 0 Å². The molecule has 0 spiro atoms. The molecule has 1 heterocycles. The van der Waals surface area contributed by atoms with Gasteiger partial charge in [-0.25, -0.2) is 15.5 Å². The van der Waals surface area contributed by atoms with Crippen LogP contribution in [0.4, 0.5) is 11.4 Å². The van der Waals surface area contributed by atoms with E-state index >= 15 is 0 Å². The van der Waals surface area contributed by atoms with Crippen LogP contribution in [0.15, 0.2) is 54.6 Å². The van der Waals surface area contributed by atoms with E-state index in [-0.39, 0.29) is 10.6 Å². The fourth-order valence-corrected chi connectivity index (χ4v) is 6.88. The number of benzene rings is 3. The highest BCUT2D eigenvalue weighted by Crippen LogP contribution is 2.44. The highest BCUT2D eigenvalue weighted by molar-refractivity contribution is 7.49. The quantitative estimate of drug-likeness (QED) is 0.127. The van der Waals surface area contributed by atoms with E-state index in [1.807, 2.05) is 76.1 Å². The molecule has 0 bridgehead atoms. The van der Waals surface area contributed by atoms with Gasteiger partial charge in [0, 0.05) is 66.6 Å². The van der Waals surface area contributed by atoms with Crippen LogP contribution < -0.4 is 20.4 Å². The van der Waals surface area contributed by atoms with Crippen LogP contribution in [0.1, 0.15) is 11.1 Å². The van der Waals surface area contributed by atoms with Gasteiger partial charge in [-0.3, -0.25) is 0 Å². The summed E-state index contributed by atoms with van der Waals surface area (Å²) in [5, 5.41) is 19.9. The zero-order valence-electron chi connectivity index (χ0n) is 22.4. The first-order valence-corrected chi connectivity index (χ1v) is 15.0. The van der Waals surface area contributed by atoms with Crippen molar-refractivity contribution in [2.24, 2.45) is 0 Å². The Balaban J connectivity index is 2.07. The molecule has 12 heteroatoms. The second-order valence-electron chi connectivity index (χ2n) is 9.44. The van der Waals surface area contributed by atoms with Crippen molar-refractivity contribution in [1.82, 2.24) is 4.98 Å². The molecule has 4 rings (SSSR count). The summed E-state index contributed by atoms with van der Waals surface area (Å²) in [6.45, 7) is 4.02. The van der Waals surface area contributed by atoms with Crippen LogP contribution in [0.3, 0.4) is 0 Å². The molecule has 0 fully saturated rings. The van der Waals surface area contributed by atoms with Crippen molar-refractivity contribution in [2.75, 3.05) is 38.0 Å². The topological polar surface area (TPSA) is 112 Å². The molecule has 3 aromatic carbocycles. The average Bonchev–Trinajstić information content (AvgIpc) is 3.36. The minimum absolute atomic E-state index is 0.256. The van der Waals surface area contributed by atoms with Gasteiger partial charge in [0.25, 0.3) is 0 Å². The Kier molecular flexibility index (Phi) is 8.89. The molecule has 2 unspecified atom stereocenters. The van der Waals surface area contributed by atoms with Crippen LogP contribution in [-0.2, 0) is 18.5 Å². The monoisotopic (exact) mass is 585 g/mol. The molecule has 0 radical (unpaired) electrons. The lowest BCUT2D eigenvalue weighted by Crippen LogP contribution is -2.13. The van der Waals surface area contributed by atoms with Gasteiger partial charge in [0.05, 0.1) is 21.7 Å². The van der Waals surface area contributed by atoms with E-state index in [0.717, 1.165) is 28.1 Å². The first-order chi connectivity index (χ1) is 18.5. The second kappa shape index (κ2) is 12.0. The maximum absolute atomic E-state index is 12.9. The van der Waals surface area contributed by atoms with Crippen LogP contribution >= 0.6 is 27.4 Å². The van der Waals surface area contributed by atoms with Gasteiger partial charge in [-0.1, -0.05) is 17.2 Å². The van der Waals surface area contributed by atoms with Gasteiger partial charge in [-0.15, -0.1) is 11.3 Å². The molecular formula is C27H29N3O6P2S+2. The minimum Gasteiger partial charge on any atom is -0.378 e. The molecule has 0 saturated heterocycles. The number of hydrogen-bond acceptors (Lipinski definition) is 10. The van der Waals surface area contributed by atoms with Crippen molar-refractivity contribution in [2.45, 2.75) is 13.8 Å². The molecule has 39 heavy (non-hydrogen) atoms. The maximum Gasteiger partial charge on any atom is 0.579 e. The minimum atomic E-state index is -2.62. The van der Waals surface area contributed by atoms with E-state index in [2.05, 4.69) is 15.4 Å². The number of hydrogen-bond donors (Lipinski definition) is 2. The van der Waals surface area contributed by atoms with Crippen molar-refractivity contribution in [1.29, 1.82) is 0 Å². The first-order valence-electron chi connectivity index (χ1n) is 11.8. The first kappa shape index (κ1) is 28.9. The summed E-state index contributed by atoms with van der Waals surface area (Å²) in [7, 11) is 2.18. The molecule has 0 aliphatic rings. The van der Waals surface area contributed by atoms with Crippen LogP contribution in [-0.4, -0.2) is 43.7 Å². The predicted molar refractivity (Wildman–Crippen MR) is 158 cm³/mol. The molecule has 0 amide bonds. The molecule has 0 aliphatic heterocycles. The lowest BCUT2D eigenvalue weighted by molar-refractivity contribution is -0.128. The number of thiazole rings is 1. The Labute approximate surface area is 232 Å². The summed E-state index contributed by atoms with van der Waals surface area (Å²) >= 11 is 1.37. The Morgan fingerprint density at radius 2 is 1.23 bits per heavy atom. The smallest absolute Gasteiger partial charge is 0.378 e. The number of rotatable bonds is 9. The van der Waals surface area contributed by atoms with Gasteiger partial charge < -0.3 is 9.80 Å². The highest BCUT2D eigenvalue weighted by Gasteiger charge is 2.35. The van der Waals surface area contributed by atoms with Crippen molar-refractivity contribution in [3.05, 3.63) is 65.7 Å². The van der Waals surface area contributed by atoms with Crippen molar-refractivity contribution >= 4 is 49.4 Å². The van der Waals surface area contributed by atoms with Crippen LogP contribution in [0.2, 0.25) is 0 Å². The molecule has 4 aromatic rings. The largest absolute Gasteiger partial charge is 0.579 e. The van der Waals surface area contributed by atoms with E-state index < -0.39 is 16.1 Å². The molecule has 9 nitrogen and oxygen atoms in total. The van der Waals surface area contributed by atoms with Gasteiger partial charge in [-0.05, 0) is 59.4 Å². The summed E-state index contributed by atoms with van der Waals surface area (Å²) in [5.74, 6) is 0. The molecular weight excluding hydrogens is 556 g/mol. The van der Waals surface area contributed by atoms with Gasteiger partial charge in [-0.2, -0.15) is 0 Å². The Bertz CT molecular complexity index is 1460. The lowest BCUT2D eigenvalue weighted by atomic mass is 10.0. The third-order valence-electron chi connectivity index (χ3n) is 6.13. The Hall–Kier alpha value is -3.07. The predicted octanol–water partition coefficient (Wildman–Crippen LogP) is 6.61. The third-order valence-corrected chi connectivity index (χ3v) is 9.09. The maximum atomic E-state index is 12.9. The molecule has 2 N–H and O–H groups in total. The van der Waals surface area contributed by atoms with Crippen LogP contribution in [0, 0.1) is 13.8 Å². The fourth-order valence-electron chi connectivity index (χ4n) is 4.29. The molecule has 202 valence electrons. The average molecular weight is 586 g/mol. The van der Waals surface area contributed by atoms with Gasteiger partial charge in [0.2, 0.25) is 10.6 Å². The van der Waals surface area contributed by atoms with E-state index in [0.29, 0.717) is 26.7 Å². The van der Waals surface area contributed by atoms with Crippen LogP contribution in [0.25, 0.3) is 32.3 Å². The summed E-state index contributed by atoms with van der Waals surface area (Å²) < 4.78 is 34.3. The molecule has 1 aromatic heterocycles. The SMILES string of the molecule is Cc1cc(C)cc(-c2nc(-c3ccc(N(C)C)cc3[P+](=O)OO)c(-c3ccc(N(C)C)cc3[P+](=O)OO)s2)c1. The number of aromatic nitrogens is 1. The van der Waals surface area contributed by atoms with E-state index in [9.17, 15) is 19.6 Å². The number of anilines is 2.